The Hall–Kier alpha value is -1.46. The normalized spacial score (nSPS) is 45.4. The van der Waals surface area contributed by atoms with E-state index in [1.54, 1.807) is 0 Å². The lowest BCUT2D eigenvalue weighted by Crippen LogP contribution is -2.52. The fourth-order valence-corrected chi connectivity index (χ4v) is 6.46. The minimum Gasteiger partial charge on any atom is -0.498 e. The molecule has 1 N–H and O–H groups in total. The summed E-state index contributed by atoms with van der Waals surface area (Å²) in [6, 6.07) is 0. The fraction of sp³-hybridized carbons (Fsp3) is 0.652. The molecule has 0 saturated heterocycles. The quantitative estimate of drug-likeness (QED) is 0.588. The summed E-state index contributed by atoms with van der Waals surface area (Å²) in [5.74, 6) is 6.31. The first-order chi connectivity index (χ1) is 11.9. The van der Waals surface area contributed by atoms with Crippen molar-refractivity contribution in [1.82, 2.24) is 0 Å². The maximum Gasteiger partial charge on any atom is 0.152 e. The van der Waals surface area contributed by atoms with Crippen LogP contribution in [-0.4, -0.2) is 17.3 Å². The third-order valence-electron chi connectivity index (χ3n) is 7.83. The van der Waals surface area contributed by atoms with Crippen LogP contribution in [0.3, 0.4) is 0 Å². The summed E-state index contributed by atoms with van der Waals surface area (Å²) >= 11 is 0. The predicted molar refractivity (Wildman–Crippen MR) is 100 cm³/mol. The minimum atomic E-state index is -1.12. The first-order valence-corrected chi connectivity index (χ1v) is 9.86. The number of hydrogen-bond donors (Lipinski definition) is 1. The summed E-state index contributed by atoms with van der Waals surface area (Å²) < 4.78 is 5.76. The van der Waals surface area contributed by atoms with Crippen LogP contribution in [-0.2, 0) is 4.74 Å². The van der Waals surface area contributed by atoms with Crippen molar-refractivity contribution in [3.05, 3.63) is 35.6 Å². The molecule has 0 radical (unpaired) electrons. The average Bonchev–Trinajstić information content (AvgIpc) is 2.82. The molecule has 0 aromatic rings. The van der Waals surface area contributed by atoms with Gasteiger partial charge in [-0.2, -0.15) is 0 Å². The summed E-state index contributed by atoms with van der Waals surface area (Å²) in [5.41, 5.74) is 1.01. The van der Waals surface area contributed by atoms with Crippen molar-refractivity contribution < 1.29 is 9.84 Å². The molecule has 4 aliphatic carbocycles. The Labute approximate surface area is 152 Å². The number of hydrogen-bond acceptors (Lipinski definition) is 2. The van der Waals surface area contributed by atoms with Gasteiger partial charge in [-0.1, -0.05) is 25.5 Å². The number of rotatable bonds is 2. The summed E-state index contributed by atoms with van der Waals surface area (Å²) in [5, 5.41) is 11.2. The summed E-state index contributed by atoms with van der Waals surface area (Å²) in [7, 11) is 0. The lowest BCUT2D eigenvalue weighted by molar-refractivity contribution is -0.0717. The number of fused-ring (bicyclic) bond motifs is 5. The van der Waals surface area contributed by atoms with Crippen LogP contribution < -0.4 is 0 Å². The average molecular weight is 338 g/mol. The summed E-state index contributed by atoms with van der Waals surface area (Å²) in [6.45, 7) is 9.18. The molecule has 0 amide bonds. The zero-order valence-electron chi connectivity index (χ0n) is 15.6. The molecule has 2 saturated carbocycles. The minimum absolute atomic E-state index is 0.216. The Morgan fingerprint density at radius 2 is 2.20 bits per heavy atom. The fourth-order valence-electron chi connectivity index (χ4n) is 6.46. The summed E-state index contributed by atoms with van der Waals surface area (Å²) in [4.78, 5) is 0. The van der Waals surface area contributed by atoms with Crippen molar-refractivity contribution in [2.75, 3.05) is 6.61 Å². The maximum atomic E-state index is 11.2. The van der Waals surface area contributed by atoms with Gasteiger partial charge in [-0.3, -0.25) is 0 Å². The van der Waals surface area contributed by atoms with Gasteiger partial charge in [0.1, 0.15) is 0 Å². The van der Waals surface area contributed by atoms with Gasteiger partial charge in [-0.05, 0) is 79.9 Å². The van der Waals surface area contributed by atoms with Crippen molar-refractivity contribution in [2.24, 2.45) is 29.1 Å². The molecule has 2 fully saturated rings. The van der Waals surface area contributed by atoms with E-state index in [4.69, 9.17) is 11.2 Å². The molecule has 2 nitrogen and oxygen atoms in total. The molecule has 4 rings (SSSR count). The highest BCUT2D eigenvalue weighted by atomic mass is 16.5. The van der Waals surface area contributed by atoms with Crippen LogP contribution in [0.2, 0.25) is 0 Å². The number of allylic oxidation sites excluding steroid dienone is 4. The molecule has 25 heavy (non-hydrogen) atoms. The van der Waals surface area contributed by atoms with E-state index in [2.05, 4.69) is 38.5 Å². The highest BCUT2D eigenvalue weighted by molar-refractivity contribution is 5.40. The second kappa shape index (κ2) is 5.78. The molecule has 6 unspecified atom stereocenters. The Bertz CT molecular complexity index is 693. The zero-order valence-corrected chi connectivity index (χ0v) is 15.6. The van der Waals surface area contributed by atoms with Crippen molar-refractivity contribution in [1.29, 1.82) is 0 Å². The van der Waals surface area contributed by atoms with E-state index < -0.39 is 5.60 Å². The summed E-state index contributed by atoms with van der Waals surface area (Å²) in [6.07, 6.45) is 16.9. The molecule has 0 bridgehead atoms. The second-order valence-electron chi connectivity index (χ2n) is 8.68. The van der Waals surface area contributed by atoms with Gasteiger partial charge in [0.05, 0.1) is 12.4 Å². The lowest BCUT2D eigenvalue weighted by Gasteiger charge is -2.53. The highest BCUT2D eigenvalue weighted by Gasteiger charge is 2.63. The van der Waals surface area contributed by atoms with E-state index in [-0.39, 0.29) is 5.41 Å². The van der Waals surface area contributed by atoms with Gasteiger partial charge in [-0.15, -0.1) is 6.42 Å². The number of aliphatic hydroxyl groups is 1. The first-order valence-electron chi connectivity index (χ1n) is 9.86. The number of ether oxygens (including phenoxy) is 1. The van der Waals surface area contributed by atoms with Crippen molar-refractivity contribution in [3.8, 4) is 12.3 Å². The molecular formula is C23H30O2. The SMILES string of the molecule is C#CC1(O)C(=C)CC2C3CC=C4C=C(OCC)CCC4C3CCC21C. The van der Waals surface area contributed by atoms with Crippen LogP contribution in [0.15, 0.2) is 35.6 Å². The third kappa shape index (κ3) is 2.21. The second-order valence-corrected chi connectivity index (χ2v) is 8.68. The molecule has 134 valence electrons. The van der Waals surface area contributed by atoms with Crippen LogP contribution in [0, 0.1) is 41.4 Å². The van der Waals surface area contributed by atoms with Gasteiger partial charge in [0.2, 0.25) is 0 Å². The van der Waals surface area contributed by atoms with E-state index in [9.17, 15) is 5.11 Å². The van der Waals surface area contributed by atoms with Gasteiger partial charge < -0.3 is 9.84 Å². The van der Waals surface area contributed by atoms with Gasteiger partial charge in [0, 0.05) is 11.8 Å². The van der Waals surface area contributed by atoms with Gasteiger partial charge >= 0.3 is 0 Å². The van der Waals surface area contributed by atoms with Gasteiger partial charge in [-0.25, -0.2) is 0 Å². The smallest absolute Gasteiger partial charge is 0.152 e. The van der Waals surface area contributed by atoms with Crippen molar-refractivity contribution in [3.63, 3.8) is 0 Å². The van der Waals surface area contributed by atoms with Crippen LogP contribution in [0.5, 0.6) is 0 Å². The van der Waals surface area contributed by atoms with E-state index in [0.29, 0.717) is 23.7 Å². The molecule has 0 aliphatic heterocycles. The van der Waals surface area contributed by atoms with E-state index in [1.165, 1.54) is 12.0 Å². The zero-order chi connectivity index (χ0) is 17.8. The van der Waals surface area contributed by atoms with Crippen LogP contribution in [0.1, 0.15) is 52.4 Å². The highest BCUT2D eigenvalue weighted by Crippen LogP contribution is 2.65. The largest absolute Gasteiger partial charge is 0.498 e. The van der Waals surface area contributed by atoms with Crippen molar-refractivity contribution in [2.45, 2.75) is 58.0 Å². The van der Waals surface area contributed by atoms with Crippen LogP contribution >= 0.6 is 0 Å². The van der Waals surface area contributed by atoms with Crippen molar-refractivity contribution >= 4 is 0 Å². The first kappa shape index (κ1) is 17.0. The molecule has 4 aliphatic rings. The Morgan fingerprint density at radius 3 is 2.92 bits per heavy atom. The standard InChI is InChI=1S/C23H30O2/c1-5-23(24)15(3)13-21-20-9-7-16-14-17(25-6-2)8-10-18(16)19(20)11-12-22(21,23)4/h1,7,14,18-21,24H,3,6,8-13H2,2,4H3. The Kier molecular flexibility index (Phi) is 3.92. The van der Waals surface area contributed by atoms with E-state index in [0.717, 1.165) is 50.0 Å². The lowest BCUT2D eigenvalue weighted by atomic mass is 9.51. The molecule has 2 heteroatoms. The third-order valence-corrected chi connectivity index (χ3v) is 7.83. The van der Waals surface area contributed by atoms with Gasteiger partial charge in [0.15, 0.2) is 5.60 Å². The molecule has 0 aromatic carbocycles. The Balaban J connectivity index is 1.65. The molecular weight excluding hydrogens is 308 g/mol. The van der Waals surface area contributed by atoms with Crippen LogP contribution in [0.25, 0.3) is 0 Å². The molecule has 0 aromatic heterocycles. The van der Waals surface area contributed by atoms with Gasteiger partial charge in [0.25, 0.3) is 0 Å². The Morgan fingerprint density at radius 1 is 1.40 bits per heavy atom. The predicted octanol–water partition coefficient (Wildman–Crippen LogP) is 4.62. The number of terminal acetylenes is 1. The maximum absolute atomic E-state index is 11.2. The topological polar surface area (TPSA) is 29.5 Å². The monoisotopic (exact) mass is 338 g/mol. The van der Waals surface area contributed by atoms with E-state index in [1.807, 2.05) is 0 Å². The molecule has 0 heterocycles. The van der Waals surface area contributed by atoms with E-state index >= 15 is 0 Å². The molecule has 6 atom stereocenters. The molecule has 0 spiro atoms. The van der Waals surface area contributed by atoms with Crippen LogP contribution in [0.4, 0.5) is 0 Å².